The highest BCUT2D eigenvalue weighted by molar-refractivity contribution is 9.10. The van der Waals surface area contributed by atoms with Gasteiger partial charge in [-0.3, -0.25) is 0 Å². The number of carbonyl (C=O) groups excluding carboxylic acids is 1. The van der Waals surface area contributed by atoms with Crippen molar-refractivity contribution in [2.75, 3.05) is 6.54 Å². The molecule has 0 aliphatic carbocycles. The number of amides is 1. The van der Waals surface area contributed by atoms with E-state index < -0.39 is 5.60 Å². The van der Waals surface area contributed by atoms with Gasteiger partial charge in [-0.05, 0) is 73.7 Å². The molecule has 1 aromatic rings. The van der Waals surface area contributed by atoms with Crippen LogP contribution in [-0.4, -0.2) is 23.1 Å². The van der Waals surface area contributed by atoms with E-state index in [4.69, 9.17) is 4.74 Å². The summed E-state index contributed by atoms with van der Waals surface area (Å²) in [6, 6.07) is 3.33. The molecule has 0 saturated carbocycles. The lowest BCUT2D eigenvalue weighted by atomic mass is 10.0. The van der Waals surface area contributed by atoms with E-state index in [1.807, 2.05) is 33.8 Å². The fourth-order valence-electron chi connectivity index (χ4n) is 2.60. The van der Waals surface area contributed by atoms with Gasteiger partial charge in [0.1, 0.15) is 11.4 Å². The first-order valence-corrected chi connectivity index (χ1v) is 7.93. The van der Waals surface area contributed by atoms with Gasteiger partial charge >= 0.3 is 6.09 Å². The maximum absolute atomic E-state index is 13.9. The molecule has 0 radical (unpaired) electrons. The van der Waals surface area contributed by atoms with Crippen molar-refractivity contribution in [1.82, 2.24) is 4.90 Å². The molecule has 0 N–H and O–H groups in total. The van der Waals surface area contributed by atoms with E-state index in [1.54, 1.807) is 4.90 Å². The molecule has 1 amide bonds. The molecule has 1 fully saturated rings. The van der Waals surface area contributed by atoms with E-state index in [9.17, 15) is 9.18 Å². The molecule has 1 aliphatic rings. The quantitative estimate of drug-likeness (QED) is 0.710. The molecular weight excluding hydrogens is 337 g/mol. The first-order chi connectivity index (χ1) is 9.69. The van der Waals surface area contributed by atoms with Crippen LogP contribution in [0.25, 0.3) is 0 Å². The first kappa shape index (κ1) is 16.3. The van der Waals surface area contributed by atoms with Crippen LogP contribution in [0.3, 0.4) is 0 Å². The molecular formula is C16H21BrFNO2. The fourth-order valence-corrected chi connectivity index (χ4v) is 2.83. The highest BCUT2D eigenvalue weighted by Gasteiger charge is 2.33. The van der Waals surface area contributed by atoms with Crippen LogP contribution in [-0.2, 0) is 4.74 Å². The Morgan fingerprint density at radius 2 is 2.10 bits per heavy atom. The zero-order valence-corrected chi connectivity index (χ0v) is 14.5. The van der Waals surface area contributed by atoms with E-state index in [2.05, 4.69) is 15.9 Å². The summed E-state index contributed by atoms with van der Waals surface area (Å²) in [5.74, 6) is -0.291. The summed E-state index contributed by atoms with van der Waals surface area (Å²) in [5.41, 5.74) is 1.14. The van der Waals surface area contributed by atoms with Crippen LogP contribution in [0.2, 0.25) is 0 Å². The minimum atomic E-state index is -0.523. The first-order valence-electron chi connectivity index (χ1n) is 7.14. The largest absolute Gasteiger partial charge is 0.444 e. The molecule has 0 spiro atoms. The molecule has 3 nitrogen and oxygen atoms in total. The third-order valence-electron chi connectivity index (χ3n) is 3.50. The van der Waals surface area contributed by atoms with Crippen molar-refractivity contribution in [3.8, 4) is 0 Å². The Kier molecular flexibility index (Phi) is 4.61. The lowest BCUT2D eigenvalue weighted by molar-refractivity contribution is 0.0224. The van der Waals surface area contributed by atoms with Crippen LogP contribution in [0.5, 0.6) is 0 Å². The summed E-state index contributed by atoms with van der Waals surface area (Å²) < 4.78 is 19.8. The molecule has 1 unspecified atom stereocenters. The Balaban J connectivity index is 2.25. The number of halogens is 2. The van der Waals surface area contributed by atoms with E-state index in [1.165, 1.54) is 6.07 Å². The number of nitrogens with zero attached hydrogens (tertiary/aromatic N) is 1. The number of hydrogen-bond acceptors (Lipinski definition) is 2. The number of ether oxygens (including phenoxy) is 1. The van der Waals surface area contributed by atoms with Gasteiger partial charge < -0.3 is 9.64 Å². The van der Waals surface area contributed by atoms with Crippen LogP contribution in [0.4, 0.5) is 9.18 Å². The molecule has 5 heteroatoms. The standard InChI is InChI=1S/C16H21BrFNO2/c1-10-8-11(9-12(18)14(10)17)13-6-5-7-19(13)15(20)21-16(2,3)4/h8-9,13H,5-7H2,1-4H3. The average Bonchev–Trinajstić information content (AvgIpc) is 2.82. The monoisotopic (exact) mass is 357 g/mol. The number of carbonyl (C=O) groups is 1. The van der Waals surface area contributed by atoms with E-state index in [0.29, 0.717) is 11.0 Å². The van der Waals surface area contributed by atoms with Gasteiger partial charge in [0.15, 0.2) is 0 Å². The molecule has 21 heavy (non-hydrogen) atoms. The Bertz CT molecular complexity index is 531. The second-order valence-electron chi connectivity index (χ2n) is 6.47. The van der Waals surface area contributed by atoms with Crippen molar-refractivity contribution in [2.24, 2.45) is 0 Å². The molecule has 1 aliphatic heterocycles. The minimum Gasteiger partial charge on any atom is -0.444 e. The second-order valence-corrected chi connectivity index (χ2v) is 7.26. The van der Waals surface area contributed by atoms with E-state index in [0.717, 1.165) is 24.0 Å². The summed E-state index contributed by atoms with van der Waals surface area (Å²) in [5, 5.41) is 0. The molecule has 116 valence electrons. The third kappa shape index (κ3) is 3.76. The van der Waals surface area contributed by atoms with Gasteiger partial charge in [-0.15, -0.1) is 0 Å². The van der Waals surface area contributed by atoms with Crippen molar-refractivity contribution in [2.45, 2.75) is 52.2 Å². The van der Waals surface area contributed by atoms with Gasteiger partial charge in [0.05, 0.1) is 10.5 Å². The molecule has 0 aromatic heterocycles. The predicted octanol–water partition coefficient (Wildman–Crippen LogP) is 4.97. The minimum absolute atomic E-state index is 0.110. The number of likely N-dealkylation sites (tertiary alicyclic amines) is 1. The van der Waals surface area contributed by atoms with Gasteiger partial charge in [0.2, 0.25) is 0 Å². The SMILES string of the molecule is Cc1cc(C2CCCN2C(=O)OC(C)(C)C)cc(F)c1Br. The number of benzene rings is 1. The Morgan fingerprint density at radius 1 is 1.43 bits per heavy atom. The third-order valence-corrected chi connectivity index (χ3v) is 4.50. The van der Waals surface area contributed by atoms with Crippen LogP contribution in [0.15, 0.2) is 16.6 Å². The highest BCUT2D eigenvalue weighted by Crippen LogP contribution is 2.35. The van der Waals surface area contributed by atoms with Gasteiger partial charge in [0.25, 0.3) is 0 Å². The summed E-state index contributed by atoms with van der Waals surface area (Å²) in [7, 11) is 0. The number of rotatable bonds is 1. The van der Waals surface area contributed by atoms with Crippen LogP contribution >= 0.6 is 15.9 Å². The van der Waals surface area contributed by atoms with Gasteiger partial charge in [-0.25, -0.2) is 9.18 Å². The van der Waals surface area contributed by atoms with Crippen molar-refractivity contribution in [1.29, 1.82) is 0 Å². The highest BCUT2D eigenvalue weighted by atomic mass is 79.9. The average molecular weight is 358 g/mol. The van der Waals surface area contributed by atoms with Crippen LogP contribution < -0.4 is 0 Å². The zero-order valence-electron chi connectivity index (χ0n) is 12.9. The molecule has 0 bridgehead atoms. The molecule has 1 saturated heterocycles. The van der Waals surface area contributed by atoms with Crippen molar-refractivity contribution < 1.29 is 13.9 Å². The van der Waals surface area contributed by atoms with Crippen LogP contribution in [0, 0.1) is 12.7 Å². The molecule has 1 atom stereocenters. The predicted molar refractivity (Wildman–Crippen MR) is 83.8 cm³/mol. The van der Waals surface area contributed by atoms with Gasteiger partial charge in [0, 0.05) is 6.54 Å². The smallest absolute Gasteiger partial charge is 0.410 e. The number of hydrogen-bond donors (Lipinski definition) is 0. The van der Waals surface area contributed by atoms with E-state index in [-0.39, 0.29) is 18.0 Å². The maximum Gasteiger partial charge on any atom is 0.410 e. The summed E-state index contributed by atoms with van der Waals surface area (Å²) in [6.45, 7) is 8.04. The Morgan fingerprint density at radius 3 is 2.67 bits per heavy atom. The topological polar surface area (TPSA) is 29.5 Å². The Labute approximate surface area is 133 Å². The lowest BCUT2D eigenvalue weighted by Crippen LogP contribution is -2.36. The van der Waals surface area contributed by atoms with Crippen molar-refractivity contribution in [3.63, 3.8) is 0 Å². The normalized spacial score (nSPS) is 19.0. The van der Waals surface area contributed by atoms with Crippen molar-refractivity contribution >= 4 is 22.0 Å². The Hall–Kier alpha value is -1.10. The van der Waals surface area contributed by atoms with Gasteiger partial charge in [-0.2, -0.15) is 0 Å². The molecule has 1 aromatic carbocycles. The fraction of sp³-hybridized carbons (Fsp3) is 0.562. The number of aryl methyl sites for hydroxylation is 1. The van der Waals surface area contributed by atoms with Gasteiger partial charge in [-0.1, -0.05) is 6.07 Å². The van der Waals surface area contributed by atoms with E-state index >= 15 is 0 Å². The van der Waals surface area contributed by atoms with Crippen molar-refractivity contribution in [3.05, 3.63) is 33.5 Å². The van der Waals surface area contributed by atoms with Crippen LogP contribution in [0.1, 0.15) is 50.8 Å². The summed E-state index contributed by atoms with van der Waals surface area (Å²) in [6.07, 6.45) is 1.41. The molecule has 1 heterocycles. The lowest BCUT2D eigenvalue weighted by Gasteiger charge is -2.29. The maximum atomic E-state index is 13.9. The molecule has 2 rings (SSSR count). The zero-order chi connectivity index (χ0) is 15.8. The summed E-state index contributed by atoms with van der Waals surface area (Å²) >= 11 is 3.23. The second kappa shape index (κ2) is 5.95. The summed E-state index contributed by atoms with van der Waals surface area (Å²) in [4.78, 5) is 14.0.